The second kappa shape index (κ2) is 4.20. The Morgan fingerprint density at radius 3 is 2.25 bits per heavy atom. The first kappa shape index (κ1) is 5.20. The molecule has 0 nitrogen and oxygen atoms in total. The average molecular weight is 281 g/mol. The second-order valence-corrected chi connectivity index (χ2v) is 4.75. The van der Waals surface area contributed by atoms with E-state index in [1.165, 1.54) is 0 Å². The van der Waals surface area contributed by atoms with Gasteiger partial charge in [0.05, 0.1) is 0 Å². The Kier molecular flexibility index (Phi) is 5.46. The molecule has 2 heteroatoms. The molecule has 0 atom stereocenters. The molecular weight excluding hydrogens is 278 g/mol. The summed E-state index contributed by atoms with van der Waals surface area (Å²) in [6.07, 6.45) is 0. The molecule has 0 N–H and O–H groups in total. The maximum atomic E-state index is 3.52. The molecule has 0 saturated heterocycles. The molecule has 0 aromatic carbocycles. The van der Waals surface area contributed by atoms with E-state index in [-0.39, 0.29) is 0 Å². The van der Waals surface area contributed by atoms with Crippen LogP contribution in [0.1, 0.15) is 0 Å². The number of rotatable bonds is 1. The summed E-state index contributed by atoms with van der Waals surface area (Å²) in [5.41, 5.74) is 0. The molecule has 0 spiro atoms. The monoisotopic (exact) mass is 281 g/mol. The molecule has 0 aliphatic carbocycles. The van der Waals surface area contributed by atoms with Gasteiger partial charge in [-0.05, 0) is 0 Å². The van der Waals surface area contributed by atoms with Crippen molar-refractivity contribution >= 4 is 18.6 Å². The van der Waals surface area contributed by atoms with Crippen LogP contribution in [-0.2, 0) is 0 Å². The molecule has 0 unspecified atom stereocenters. The third-order valence-electron chi connectivity index (χ3n) is 0.0583. The molecule has 0 aliphatic heterocycles. The van der Waals surface area contributed by atoms with Gasteiger partial charge in [0.25, 0.3) is 0 Å². The third-order valence-corrected chi connectivity index (χ3v) is 2.62. The summed E-state index contributed by atoms with van der Waals surface area (Å²) in [5, 5.41) is 0. The summed E-state index contributed by atoms with van der Waals surface area (Å²) in [7, 11) is 0. The standard InChI is InChI=1S/C2H3I2/c1-2-4-3/h2H,1H2/q-1. The van der Waals surface area contributed by atoms with E-state index >= 15 is 0 Å². The molecule has 0 bridgehead atoms. The van der Waals surface area contributed by atoms with E-state index in [9.17, 15) is 0 Å². The Morgan fingerprint density at radius 1 is 2.00 bits per heavy atom. The van der Waals surface area contributed by atoms with E-state index in [1.807, 2.05) is 4.08 Å². The van der Waals surface area contributed by atoms with Crippen LogP contribution >= 0.6 is 18.6 Å². The Balaban J connectivity index is 2.30. The molecule has 0 saturated carbocycles. The molecule has 0 aliphatic rings. The summed E-state index contributed by atoms with van der Waals surface area (Å²) in [6, 6.07) is 0. The van der Waals surface area contributed by atoms with Crippen molar-refractivity contribution in [3.05, 3.63) is 10.7 Å². The Labute approximate surface area is 46.1 Å². The van der Waals surface area contributed by atoms with Crippen LogP contribution < -0.4 is 17.2 Å². The molecule has 0 fully saturated rings. The van der Waals surface area contributed by atoms with Crippen molar-refractivity contribution in [3.63, 3.8) is 0 Å². The van der Waals surface area contributed by atoms with E-state index in [2.05, 4.69) is 25.2 Å². The van der Waals surface area contributed by atoms with Crippen molar-refractivity contribution < 1.29 is 17.2 Å². The minimum atomic E-state index is 0.344. The van der Waals surface area contributed by atoms with Crippen LogP contribution in [0.25, 0.3) is 0 Å². The van der Waals surface area contributed by atoms with Gasteiger partial charge in [-0.2, -0.15) is 0 Å². The summed E-state index contributed by atoms with van der Waals surface area (Å²) >= 11 is 2.69. The van der Waals surface area contributed by atoms with Gasteiger partial charge in [0.1, 0.15) is 0 Å². The van der Waals surface area contributed by atoms with Gasteiger partial charge in [-0.3, -0.25) is 0 Å². The third kappa shape index (κ3) is 3.20. The van der Waals surface area contributed by atoms with E-state index in [0.29, 0.717) is 17.2 Å². The molecular formula is C2H3I2-. The van der Waals surface area contributed by atoms with E-state index in [1.54, 1.807) is 0 Å². The fourth-order valence-corrected chi connectivity index (χ4v) is 0. The van der Waals surface area contributed by atoms with Crippen molar-refractivity contribution in [2.75, 3.05) is 0 Å². The Bertz CT molecular complexity index is 18.0. The molecule has 26 valence electrons. The first-order valence-electron chi connectivity index (χ1n) is 0.769. The van der Waals surface area contributed by atoms with Crippen LogP contribution in [0.2, 0.25) is 0 Å². The normalized spacial score (nSPS) is 7.25. The van der Waals surface area contributed by atoms with Crippen molar-refractivity contribution in [2.24, 2.45) is 0 Å². The zero-order valence-electron chi connectivity index (χ0n) is 2.04. The van der Waals surface area contributed by atoms with Crippen LogP contribution in [0.15, 0.2) is 10.7 Å². The number of halogens is 2. The van der Waals surface area contributed by atoms with E-state index in [0.717, 1.165) is 0 Å². The van der Waals surface area contributed by atoms with Crippen molar-refractivity contribution in [1.82, 2.24) is 0 Å². The minimum absolute atomic E-state index is 0.344. The summed E-state index contributed by atoms with van der Waals surface area (Å²) in [6.45, 7) is 3.52. The summed E-state index contributed by atoms with van der Waals surface area (Å²) in [4.78, 5) is 0. The van der Waals surface area contributed by atoms with E-state index in [4.69, 9.17) is 0 Å². The zero-order chi connectivity index (χ0) is 3.41. The molecule has 0 heterocycles. The van der Waals surface area contributed by atoms with Gasteiger partial charge in [-0.25, -0.2) is 0 Å². The van der Waals surface area contributed by atoms with Crippen LogP contribution in [0.3, 0.4) is 0 Å². The van der Waals surface area contributed by atoms with Gasteiger partial charge in [0.15, 0.2) is 0 Å². The first-order valence-corrected chi connectivity index (χ1v) is 8.30. The molecule has 0 rings (SSSR count). The predicted octanol–water partition coefficient (Wildman–Crippen LogP) is -1.43. The van der Waals surface area contributed by atoms with Gasteiger partial charge in [-0.15, -0.1) is 0 Å². The summed E-state index contributed by atoms with van der Waals surface area (Å²) in [5.74, 6) is 0. The van der Waals surface area contributed by atoms with Crippen molar-refractivity contribution in [2.45, 2.75) is 0 Å². The predicted molar refractivity (Wildman–Crippen MR) is 24.2 cm³/mol. The zero-order valence-corrected chi connectivity index (χ0v) is 6.36. The van der Waals surface area contributed by atoms with Gasteiger partial charge in [0.2, 0.25) is 0 Å². The van der Waals surface area contributed by atoms with Gasteiger partial charge < -0.3 is 0 Å². The molecule has 4 heavy (non-hydrogen) atoms. The SMILES string of the molecule is C=C[I-]I. The molecule has 0 amide bonds. The van der Waals surface area contributed by atoms with E-state index < -0.39 is 0 Å². The quantitative estimate of drug-likeness (QED) is 0.517. The van der Waals surface area contributed by atoms with Crippen molar-refractivity contribution in [1.29, 1.82) is 0 Å². The fraction of sp³-hybridized carbons (Fsp3) is 0. The van der Waals surface area contributed by atoms with Gasteiger partial charge in [0, 0.05) is 0 Å². The van der Waals surface area contributed by atoms with Gasteiger partial charge in [-0.1, -0.05) is 0 Å². The Hall–Kier alpha value is 1.20. The molecule has 0 aromatic heterocycles. The van der Waals surface area contributed by atoms with Crippen LogP contribution in [0.5, 0.6) is 0 Å². The summed E-state index contributed by atoms with van der Waals surface area (Å²) < 4.78 is 1.97. The maximum absolute atomic E-state index is 3.52. The van der Waals surface area contributed by atoms with Crippen LogP contribution in [0, 0.1) is 0 Å². The number of hydrogen-bond acceptors (Lipinski definition) is 0. The second-order valence-electron chi connectivity index (χ2n) is 0.237. The topological polar surface area (TPSA) is 0 Å². The molecule has 0 aromatic rings. The number of hydrogen-bond donors (Lipinski definition) is 0. The fourth-order valence-electron chi connectivity index (χ4n) is 0. The van der Waals surface area contributed by atoms with Crippen LogP contribution in [0.4, 0.5) is 0 Å². The van der Waals surface area contributed by atoms with Gasteiger partial charge >= 0.3 is 46.5 Å². The van der Waals surface area contributed by atoms with Crippen LogP contribution in [-0.4, -0.2) is 0 Å². The van der Waals surface area contributed by atoms with Crippen molar-refractivity contribution in [3.8, 4) is 0 Å². The average Bonchev–Trinajstić information content (AvgIpc) is 1.37. The Morgan fingerprint density at radius 2 is 2.25 bits per heavy atom. The molecule has 0 radical (unpaired) electrons. The first-order chi connectivity index (χ1) is 1.91.